The largest absolute Gasteiger partial charge is 0.461 e. The van der Waals surface area contributed by atoms with Crippen LogP contribution in [0.25, 0.3) is 0 Å². The Balaban J connectivity index is 2.24. The second kappa shape index (κ2) is 4.51. The van der Waals surface area contributed by atoms with E-state index < -0.39 is 0 Å². The van der Waals surface area contributed by atoms with Crippen LogP contribution in [0.2, 0.25) is 0 Å². The van der Waals surface area contributed by atoms with Gasteiger partial charge >= 0.3 is 5.97 Å². The third-order valence-corrected chi connectivity index (χ3v) is 3.44. The molecule has 1 saturated heterocycles. The third kappa shape index (κ3) is 2.33. The SMILES string of the molecule is CC(I)C1OC(=O)C[C@H]1c1ccccc1. The Kier molecular flexibility index (Phi) is 3.29. The maximum atomic E-state index is 11.3. The van der Waals surface area contributed by atoms with E-state index in [0.29, 0.717) is 10.3 Å². The van der Waals surface area contributed by atoms with Crippen LogP contribution in [0.5, 0.6) is 0 Å². The van der Waals surface area contributed by atoms with E-state index in [1.807, 2.05) is 18.2 Å². The molecule has 0 spiro atoms. The van der Waals surface area contributed by atoms with Crippen molar-refractivity contribution in [3.05, 3.63) is 35.9 Å². The number of ether oxygens (including phenoxy) is 1. The van der Waals surface area contributed by atoms with Crippen molar-refractivity contribution in [3.63, 3.8) is 0 Å². The first-order chi connectivity index (χ1) is 7.18. The Morgan fingerprint density at radius 1 is 1.40 bits per heavy atom. The van der Waals surface area contributed by atoms with Crippen molar-refractivity contribution in [1.29, 1.82) is 0 Å². The van der Waals surface area contributed by atoms with Gasteiger partial charge in [0.05, 0.1) is 6.42 Å². The molecule has 0 aromatic heterocycles. The number of benzene rings is 1. The summed E-state index contributed by atoms with van der Waals surface area (Å²) >= 11 is 2.32. The monoisotopic (exact) mass is 316 g/mol. The Bertz CT molecular complexity index is 348. The Hall–Kier alpha value is -0.580. The number of hydrogen-bond donors (Lipinski definition) is 0. The highest BCUT2D eigenvalue weighted by Gasteiger charge is 2.38. The van der Waals surface area contributed by atoms with Crippen molar-refractivity contribution in [2.75, 3.05) is 0 Å². The molecule has 0 bridgehead atoms. The fourth-order valence-corrected chi connectivity index (χ4v) is 2.65. The summed E-state index contributed by atoms with van der Waals surface area (Å²) < 4.78 is 5.69. The Morgan fingerprint density at radius 2 is 2.07 bits per heavy atom. The highest BCUT2D eigenvalue weighted by molar-refractivity contribution is 14.1. The van der Waals surface area contributed by atoms with Crippen molar-refractivity contribution in [2.24, 2.45) is 0 Å². The van der Waals surface area contributed by atoms with Crippen LogP contribution in [0.1, 0.15) is 24.8 Å². The molecule has 2 nitrogen and oxygen atoms in total. The standard InChI is InChI=1S/C12H13IO2/c1-8(13)12-10(7-11(14)15-12)9-5-3-2-4-6-9/h2-6,8,10,12H,7H2,1H3/t8?,10-,12?/m0/s1. The molecule has 1 aliphatic rings. The minimum atomic E-state index is -0.0719. The van der Waals surface area contributed by atoms with Gasteiger partial charge in [0.15, 0.2) is 0 Å². The number of esters is 1. The van der Waals surface area contributed by atoms with Gasteiger partial charge in [-0.3, -0.25) is 4.79 Å². The maximum absolute atomic E-state index is 11.3. The molecule has 1 fully saturated rings. The second-order valence-electron chi connectivity index (χ2n) is 3.85. The first kappa shape index (κ1) is 10.9. The van der Waals surface area contributed by atoms with Crippen LogP contribution in [0.4, 0.5) is 0 Å². The van der Waals surface area contributed by atoms with Gasteiger partial charge in [0, 0.05) is 9.84 Å². The third-order valence-electron chi connectivity index (χ3n) is 2.73. The van der Waals surface area contributed by atoms with E-state index in [4.69, 9.17) is 4.74 Å². The summed E-state index contributed by atoms with van der Waals surface area (Å²) in [5, 5.41) is 0. The Labute approximate surface area is 103 Å². The van der Waals surface area contributed by atoms with Crippen molar-refractivity contribution >= 4 is 28.6 Å². The van der Waals surface area contributed by atoms with Crippen LogP contribution >= 0.6 is 22.6 Å². The van der Waals surface area contributed by atoms with Gasteiger partial charge in [-0.1, -0.05) is 52.9 Å². The lowest BCUT2D eigenvalue weighted by Crippen LogP contribution is -2.23. The zero-order valence-corrected chi connectivity index (χ0v) is 10.7. The zero-order valence-electron chi connectivity index (χ0n) is 8.52. The van der Waals surface area contributed by atoms with Gasteiger partial charge in [-0.2, -0.15) is 0 Å². The molecule has 3 heteroatoms. The van der Waals surface area contributed by atoms with E-state index >= 15 is 0 Å². The average molecular weight is 316 g/mol. The highest BCUT2D eigenvalue weighted by Crippen LogP contribution is 2.35. The summed E-state index contributed by atoms with van der Waals surface area (Å²) in [5.41, 5.74) is 1.21. The van der Waals surface area contributed by atoms with Gasteiger partial charge in [0.1, 0.15) is 6.10 Å². The summed E-state index contributed by atoms with van der Waals surface area (Å²) in [6, 6.07) is 10.1. The van der Waals surface area contributed by atoms with Crippen LogP contribution < -0.4 is 0 Å². The molecule has 2 rings (SSSR count). The molecule has 1 aromatic rings. The van der Waals surface area contributed by atoms with E-state index in [1.54, 1.807) is 0 Å². The molecule has 0 N–H and O–H groups in total. The van der Waals surface area contributed by atoms with Gasteiger partial charge in [-0.25, -0.2) is 0 Å². The minimum absolute atomic E-state index is 0.0282. The predicted molar refractivity (Wildman–Crippen MR) is 67.2 cm³/mol. The topological polar surface area (TPSA) is 26.3 Å². The van der Waals surface area contributed by atoms with E-state index in [0.717, 1.165) is 0 Å². The molecule has 1 aromatic carbocycles. The van der Waals surface area contributed by atoms with E-state index in [1.165, 1.54) is 5.56 Å². The lowest BCUT2D eigenvalue weighted by Gasteiger charge is -2.19. The number of halogens is 1. The van der Waals surface area contributed by atoms with Gasteiger partial charge in [-0.05, 0) is 12.5 Å². The van der Waals surface area contributed by atoms with Crippen LogP contribution in [0.3, 0.4) is 0 Å². The zero-order chi connectivity index (χ0) is 10.8. The van der Waals surface area contributed by atoms with Crippen LogP contribution in [-0.2, 0) is 9.53 Å². The van der Waals surface area contributed by atoms with Crippen molar-refractivity contribution in [3.8, 4) is 0 Å². The summed E-state index contributed by atoms with van der Waals surface area (Å²) in [6.45, 7) is 2.08. The molecule has 1 aliphatic heterocycles. The Morgan fingerprint density at radius 3 is 2.67 bits per heavy atom. The normalized spacial score (nSPS) is 27.5. The maximum Gasteiger partial charge on any atom is 0.306 e. The van der Waals surface area contributed by atoms with Gasteiger partial charge in [-0.15, -0.1) is 0 Å². The predicted octanol–water partition coefficient (Wildman–Crippen LogP) is 2.91. The molecule has 2 unspecified atom stereocenters. The van der Waals surface area contributed by atoms with Gasteiger partial charge in [0.2, 0.25) is 0 Å². The molecular weight excluding hydrogens is 303 g/mol. The number of alkyl halides is 1. The number of carbonyl (C=O) groups is 1. The number of hydrogen-bond acceptors (Lipinski definition) is 2. The molecule has 0 aliphatic carbocycles. The minimum Gasteiger partial charge on any atom is -0.461 e. The van der Waals surface area contributed by atoms with Crippen LogP contribution in [0, 0.1) is 0 Å². The summed E-state index contributed by atoms with van der Waals surface area (Å²) in [4.78, 5) is 11.3. The fraction of sp³-hybridized carbons (Fsp3) is 0.417. The average Bonchev–Trinajstić information content (AvgIpc) is 2.62. The van der Waals surface area contributed by atoms with Crippen molar-refractivity contribution in [2.45, 2.75) is 29.3 Å². The van der Waals surface area contributed by atoms with E-state index in [-0.39, 0.29) is 18.0 Å². The first-order valence-electron chi connectivity index (χ1n) is 5.07. The smallest absolute Gasteiger partial charge is 0.306 e. The lowest BCUT2D eigenvalue weighted by atomic mass is 9.91. The van der Waals surface area contributed by atoms with Gasteiger partial charge in [0.25, 0.3) is 0 Å². The first-order valence-corrected chi connectivity index (χ1v) is 6.31. The summed E-state index contributed by atoms with van der Waals surface area (Å²) in [7, 11) is 0. The van der Waals surface area contributed by atoms with Crippen molar-refractivity contribution in [1.82, 2.24) is 0 Å². The molecule has 80 valence electrons. The number of cyclic esters (lactones) is 1. The molecular formula is C12H13IO2. The number of rotatable bonds is 2. The fourth-order valence-electron chi connectivity index (χ4n) is 2.00. The molecule has 0 saturated carbocycles. The highest BCUT2D eigenvalue weighted by atomic mass is 127. The van der Waals surface area contributed by atoms with Gasteiger partial charge < -0.3 is 4.74 Å². The molecule has 0 amide bonds. The summed E-state index contributed by atoms with van der Waals surface area (Å²) in [5.74, 6) is 0.156. The van der Waals surface area contributed by atoms with Crippen LogP contribution in [-0.4, -0.2) is 16.0 Å². The molecule has 0 radical (unpaired) electrons. The molecule has 3 atom stereocenters. The van der Waals surface area contributed by atoms with E-state index in [9.17, 15) is 4.79 Å². The molecule has 15 heavy (non-hydrogen) atoms. The quantitative estimate of drug-likeness (QED) is 0.476. The van der Waals surface area contributed by atoms with E-state index in [2.05, 4.69) is 41.6 Å². The van der Waals surface area contributed by atoms with Crippen molar-refractivity contribution < 1.29 is 9.53 Å². The second-order valence-corrected chi connectivity index (χ2v) is 5.82. The number of carbonyl (C=O) groups excluding carboxylic acids is 1. The van der Waals surface area contributed by atoms with Crippen LogP contribution in [0.15, 0.2) is 30.3 Å². The molecule has 1 heterocycles. The lowest BCUT2D eigenvalue weighted by molar-refractivity contribution is -0.141. The summed E-state index contributed by atoms with van der Waals surface area (Å²) in [6.07, 6.45) is 0.544.